The maximum atomic E-state index is 10.6. The second-order valence-corrected chi connectivity index (χ2v) is 5.59. The SMILES string of the molecule is CCCc1nc(CSC)sc1CCC(=O)O. The van der Waals surface area contributed by atoms with Crippen LogP contribution in [0.3, 0.4) is 0 Å². The van der Waals surface area contributed by atoms with Crippen molar-refractivity contribution < 1.29 is 9.90 Å². The van der Waals surface area contributed by atoms with Gasteiger partial charge in [0.15, 0.2) is 0 Å². The van der Waals surface area contributed by atoms with E-state index in [0.717, 1.165) is 34.2 Å². The molecule has 1 heterocycles. The van der Waals surface area contributed by atoms with Crippen molar-refractivity contribution in [1.29, 1.82) is 0 Å². The minimum atomic E-state index is -0.734. The molecule has 0 aliphatic rings. The first-order chi connectivity index (χ1) is 7.67. The Labute approximate surface area is 104 Å². The van der Waals surface area contributed by atoms with E-state index in [4.69, 9.17) is 5.11 Å². The third kappa shape index (κ3) is 4.14. The molecule has 1 rings (SSSR count). The van der Waals surface area contributed by atoms with Gasteiger partial charge in [0.25, 0.3) is 0 Å². The van der Waals surface area contributed by atoms with Gasteiger partial charge in [-0.1, -0.05) is 13.3 Å². The Bertz CT molecular complexity index is 350. The van der Waals surface area contributed by atoms with Gasteiger partial charge in [-0.3, -0.25) is 4.79 Å². The number of aromatic nitrogens is 1. The highest BCUT2D eigenvalue weighted by atomic mass is 32.2. The van der Waals surface area contributed by atoms with Crippen molar-refractivity contribution in [3.8, 4) is 0 Å². The highest BCUT2D eigenvalue weighted by molar-refractivity contribution is 7.97. The van der Waals surface area contributed by atoms with Crippen LogP contribution in [-0.2, 0) is 23.4 Å². The van der Waals surface area contributed by atoms with Crippen LogP contribution in [0.2, 0.25) is 0 Å². The minimum Gasteiger partial charge on any atom is -0.481 e. The molecule has 0 aliphatic heterocycles. The van der Waals surface area contributed by atoms with Gasteiger partial charge in [-0.15, -0.1) is 11.3 Å². The van der Waals surface area contributed by atoms with Crippen LogP contribution in [0.5, 0.6) is 0 Å². The van der Waals surface area contributed by atoms with E-state index in [2.05, 4.69) is 18.2 Å². The van der Waals surface area contributed by atoms with Crippen LogP contribution in [0.4, 0.5) is 0 Å². The predicted molar refractivity (Wildman–Crippen MR) is 69.3 cm³/mol. The van der Waals surface area contributed by atoms with Gasteiger partial charge in [0.05, 0.1) is 12.1 Å². The number of hydrogen-bond donors (Lipinski definition) is 1. The lowest BCUT2D eigenvalue weighted by Crippen LogP contribution is -1.98. The largest absolute Gasteiger partial charge is 0.481 e. The number of hydrogen-bond acceptors (Lipinski definition) is 4. The van der Waals surface area contributed by atoms with Gasteiger partial charge in [0.2, 0.25) is 0 Å². The highest BCUT2D eigenvalue weighted by Crippen LogP contribution is 2.24. The zero-order valence-electron chi connectivity index (χ0n) is 9.65. The summed E-state index contributed by atoms with van der Waals surface area (Å²) in [6.07, 6.45) is 4.90. The third-order valence-corrected chi connectivity index (χ3v) is 4.05. The number of carboxylic acids is 1. The van der Waals surface area contributed by atoms with Crippen molar-refractivity contribution >= 4 is 29.1 Å². The molecule has 1 N–H and O–H groups in total. The summed E-state index contributed by atoms with van der Waals surface area (Å²) < 4.78 is 0. The molecule has 0 spiro atoms. The molecule has 0 fully saturated rings. The lowest BCUT2D eigenvalue weighted by molar-refractivity contribution is -0.136. The van der Waals surface area contributed by atoms with Crippen LogP contribution in [0.1, 0.15) is 35.3 Å². The molecule has 0 aliphatic carbocycles. The molecule has 0 bridgehead atoms. The first-order valence-corrected chi connectivity index (χ1v) is 7.56. The molecular formula is C11H17NO2S2. The summed E-state index contributed by atoms with van der Waals surface area (Å²) in [4.78, 5) is 16.3. The van der Waals surface area contributed by atoms with Crippen molar-refractivity contribution in [1.82, 2.24) is 4.98 Å². The summed E-state index contributed by atoms with van der Waals surface area (Å²) in [7, 11) is 0. The van der Waals surface area contributed by atoms with Gasteiger partial charge in [0, 0.05) is 10.6 Å². The number of carbonyl (C=O) groups is 1. The smallest absolute Gasteiger partial charge is 0.303 e. The molecule has 1 aromatic rings. The minimum absolute atomic E-state index is 0.206. The van der Waals surface area contributed by atoms with E-state index in [1.165, 1.54) is 0 Å². The molecular weight excluding hydrogens is 242 g/mol. The molecule has 0 aromatic carbocycles. The maximum absolute atomic E-state index is 10.6. The number of nitrogens with zero attached hydrogens (tertiary/aromatic N) is 1. The van der Waals surface area contributed by atoms with E-state index in [-0.39, 0.29) is 6.42 Å². The van der Waals surface area contributed by atoms with Gasteiger partial charge in [0.1, 0.15) is 5.01 Å². The monoisotopic (exact) mass is 259 g/mol. The zero-order valence-corrected chi connectivity index (χ0v) is 11.3. The Hall–Kier alpha value is -0.550. The van der Waals surface area contributed by atoms with E-state index in [0.29, 0.717) is 6.42 Å². The predicted octanol–water partition coefficient (Wildman–Crippen LogP) is 2.98. The number of thiazole rings is 1. The van der Waals surface area contributed by atoms with E-state index >= 15 is 0 Å². The third-order valence-electron chi connectivity index (χ3n) is 2.14. The fraction of sp³-hybridized carbons (Fsp3) is 0.636. The van der Waals surface area contributed by atoms with Crippen molar-refractivity contribution in [3.05, 3.63) is 15.6 Å². The highest BCUT2D eigenvalue weighted by Gasteiger charge is 2.11. The van der Waals surface area contributed by atoms with E-state index < -0.39 is 5.97 Å². The number of rotatable bonds is 7. The lowest BCUT2D eigenvalue weighted by Gasteiger charge is -1.97. The molecule has 0 amide bonds. The quantitative estimate of drug-likeness (QED) is 0.818. The average Bonchev–Trinajstić information content (AvgIpc) is 2.59. The Morgan fingerprint density at radius 1 is 1.50 bits per heavy atom. The maximum Gasteiger partial charge on any atom is 0.303 e. The Morgan fingerprint density at radius 3 is 2.81 bits per heavy atom. The van der Waals surface area contributed by atoms with Crippen molar-refractivity contribution in [3.63, 3.8) is 0 Å². The molecule has 3 nitrogen and oxygen atoms in total. The second kappa shape index (κ2) is 6.91. The van der Waals surface area contributed by atoms with E-state index in [9.17, 15) is 4.79 Å². The van der Waals surface area contributed by atoms with Crippen molar-refractivity contribution in [2.75, 3.05) is 6.26 Å². The summed E-state index contributed by atoms with van der Waals surface area (Å²) in [5, 5.41) is 9.81. The fourth-order valence-corrected chi connectivity index (χ4v) is 3.28. The van der Waals surface area contributed by atoms with Crippen LogP contribution in [0.15, 0.2) is 0 Å². The van der Waals surface area contributed by atoms with Gasteiger partial charge in [-0.05, 0) is 19.1 Å². The molecule has 0 saturated heterocycles. The van der Waals surface area contributed by atoms with Gasteiger partial charge in [-0.2, -0.15) is 11.8 Å². The molecule has 16 heavy (non-hydrogen) atoms. The standard InChI is InChI=1S/C11H17NO2S2/c1-3-4-8-9(5-6-11(13)14)16-10(12-8)7-15-2/h3-7H2,1-2H3,(H,13,14). The van der Waals surface area contributed by atoms with Crippen LogP contribution in [0.25, 0.3) is 0 Å². The number of carboxylic acid groups (broad SMARTS) is 1. The number of aryl methyl sites for hydroxylation is 2. The van der Waals surface area contributed by atoms with Crippen molar-refractivity contribution in [2.45, 2.75) is 38.4 Å². The summed E-state index contributed by atoms with van der Waals surface area (Å²) in [6, 6.07) is 0. The first-order valence-electron chi connectivity index (χ1n) is 5.35. The van der Waals surface area contributed by atoms with Crippen LogP contribution in [0, 0.1) is 0 Å². The summed E-state index contributed by atoms with van der Waals surface area (Å²) >= 11 is 3.42. The fourth-order valence-electron chi connectivity index (χ4n) is 1.47. The molecule has 90 valence electrons. The molecule has 0 radical (unpaired) electrons. The topological polar surface area (TPSA) is 50.2 Å². The molecule has 0 atom stereocenters. The van der Waals surface area contributed by atoms with Crippen LogP contribution < -0.4 is 0 Å². The molecule has 0 unspecified atom stereocenters. The van der Waals surface area contributed by atoms with Gasteiger partial charge >= 0.3 is 5.97 Å². The number of thioether (sulfide) groups is 1. The second-order valence-electron chi connectivity index (χ2n) is 3.55. The van der Waals surface area contributed by atoms with E-state index in [1.807, 2.05) is 0 Å². The lowest BCUT2D eigenvalue weighted by atomic mass is 10.2. The molecule has 1 aromatic heterocycles. The van der Waals surface area contributed by atoms with Crippen molar-refractivity contribution in [2.24, 2.45) is 0 Å². The van der Waals surface area contributed by atoms with Gasteiger partial charge < -0.3 is 5.11 Å². The van der Waals surface area contributed by atoms with Crippen LogP contribution in [-0.4, -0.2) is 22.3 Å². The average molecular weight is 259 g/mol. The molecule has 0 saturated carbocycles. The molecule has 5 heteroatoms. The van der Waals surface area contributed by atoms with E-state index in [1.54, 1.807) is 23.1 Å². The Kier molecular flexibility index (Phi) is 5.84. The zero-order chi connectivity index (χ0) is 12.0. The van der Waals surface area contributed by atoms with Crippen LogP contribution >= 0.6 is 23.1 Å². The Balaban J connectivity index is 2.73. The number of aliphatic carboxylic acids is 1. The summed E-state index contributed by atoms with van der Waals surface area (Å²) in [5.74, 6) is 0.191. The first kappa shape index (κ1) is 13.5. The normalized spacial score (nSPS) is 10.6. The van der Waals surface area contributed by atoms with Gasteiger partial charge in [-0.25, -0.2) is 4.98 Å². The summed E-state index contributed by atoms with van der Waals surface area (Å²) in [5.41, 5.74) is 1.11. The summed E-state index contributed by atoms with van der Waals surface area (Å²) in [6.45, 7) is 2.12. The Morgan fingerprint density at radius 2 is 2.25 bits per heavy atom.